The number of rotatable bonds is 8. The summed E-state index contributed by atoms with van der Waals surface area (Å²) in [7, 11) is 3.57. The van der Waals surface area contributed by atoms with Crippen molar-refractivity contribution >= 4 is 17.0 Å². The SMILES string of the molecule is Cc1ccc(CNC(=O)c2cn(C)c3oc(CN(C)C[C@@H](O)c4ccco4)cc3c2=O)cc1. The van der Waals surface area contributed by atoms with E-state index in [0.29, 0.717) is 42.3 Å². The topological polar surface area (TPSA) is 101 Å². The lowest BCUT2D eigenvalue weighted by Gasteiger charge is -2.18. The number of aliphatic hydroxyl groups excluding tert-OH is 1. The van der Waals surface area contributed by atoms with E-state index >= 15 is 0 Å². The molecule has 0 fully saturated rings. The molecule has 2 N–H and O–H groups in total. The van der Waals surface area contributed by atoms with E-state index in [9.17, 15) is 14.7 Å². The number of hydrogen-bond acceptors (Lipinski definition) is 6. The van der Waals surface area contributed by atoms with Gasteiger partial charge in [-0.05, 0) is 37.7 Å². The van der Waals surface area contributed by atoms with Gasteiger partial charge in [0.25, 0.3) is 5.91 Å². The molecule has 0 aliphatic carbocycles. The molecule has 0 aliphatic rings. The molecule has 1 atom stereocenters. The number of fused-ring (bicyclic) bond motifs is 1. The van der Waals surface area contributed by atoms with Crippen molar-refractivity contribution in [3.05, 3.63) is 93.4 Å². The largest absolute Gasteiger partial charge is 0.467 e. The Morgan fingerprint density at radius 1 is 1.24 bits per heavy atom. The summed E-state index contributed by atoms with van der Waals surface area (Å²) in [4.78, 5) is 27.6. The van der Waals surface area contributed by atoms with E-state index in [1.165, 1.54) is 12.5 Å². The average Bonchev–Trinajstić information content (AvgIpc) is 3.46. The van der Waals surface area contributed by atoms with Crippen molar-refractivity contribution in [1.29, 1.82) is 0 Å². The molecule has 0 unspecified atom stereocenters. The van der Waals surface area contributed by atoms with Crippen LogP contribution in [0.15, 0.2) is 68.6 Å². The average molecular weight is 450 g/mol. The van der Waals surface area contributed by atoms with Crippen LogP contribution in [-0.2, 0) is 20.1 Å². The van der Waals surface area contributed by atoms with E-state index in [-0.39, 0.29) is 11.0 Å². The molecule has 0 radical (unpaired) electrons. The number of furan rings is 2. The van der Waals surface area contributed by atoms with Crippen LogP contribution in [0.1, 0.15) is 39.1 Å². The lowest BCUT2D eigenvalue weighted by Crippen LogP contribution is -2.29. The van der Waals surface area contributed by atoms with Crippen molar-refractivity contribution in [3.63, 3.8) is 0 Å². The van der Waals surface area contributed by atoms with Crippen LogP contribution >= 0.6 is 0 Å². The van der Waals surface area contributed by atoms with Gasteiger partial charge in [-0.15, -0.1) is 0 Å². The van der Waals surface area contributed by atoms with E-state index in [1.807, 2.05) is 43.1 Å². The van der Waals surface area contributed by atoms with Crippen LogP contribution in [0, 0.1) is 6.92 Å². The molecule has 0 aliphatic heterocycles. The van der Waals surface area contributed by atoms with Gasteiger partial charge in [-0.2, -0.15) is 0 Å². The van der Waals surface area contributed by atoms with Crippen molar-refractivity contribution in [1.82, 2.24) is 14.8 Å². The molecule has 0 saturated heterocycles. The molecule has 1 aromatic carbocycles. The second kappa shape index (κ2) is 9.48. The molecule has 8 heteroatoms. The minimum Gasteiger partial charge on any atom is -0.467 e. The minimum absolute atomic E-state index is 0.0612. The minimum atomic E-state index is -0.774. The number of aryl methyl sites for hydroxylation is 2. The first-order valence-electron chi connectivity index (χ1n) is 10.7. The number of amides is 1. The number of carbonyl (C=O) groups is 1. The highest BCUT2D eigenvalue weighted by Crippen LogP contribution is 2.20. The molecule has 3 aromatic heterocycles. The molecule has 0 spiro atoms. The number of aromatic nitrogens is 1. The molecular formula is C25H27N3O5. The predicted molar refractivity (Wildman–Crippen MR) is 124 cm³/mol. The molecular weight excluding hydrogens is 422 g/mol. The fourth-order valence-electron chi connectivity index (χ4n) is 3.73. The Morgan fingerprint density at radius 2 is 2.00 bits per heavy atom. The number of aliphatic hydroxyl groups is 1. The van der Waals surface area contributed by atoms with Gasteiger partial charge in [0, 0.05) is 26.3 Å². The van der Waals surface area contributed by atoms with Gasteiger partial charge in [-0.1, -0.05) is 29.8 Å². The van der Waals surface area contributed by atoms with Crippen molar-refractivity contribution in [2.45, 2.75) is 26.1 Å². The summed E-state index contributed by atoms with van der Waals surface area (Å²) < 4.78 is 12.8. The first-order valence-corrected chi connectivity index (χ1v) is 10.7. The number of nitrogens with one attached hydrogen (secondary N) is 1. The van der Waals surface area contributed by atoms with Gasteiger partial charge in [-0.3, -0.25) is 14.5 Å². The van der Waals surface area contributed by atoms with E-state index in [1.54, 1.807) is 29.8 Å². The normalized spacial score (nSPS) is 12.4. The van der Waals surface area contributed by atoms with E-state index < -0.39 is 12.0 Å². The predicted octanol–water partition coefficient (Wildman–Crippen LogP) is 3.13. The molecule has 8 nitrogen and oxygen atoms in total. The summed E-state index contributed by atoms with van der Waals surface area (Å²) in [5.41, 5.74) is 2.17. The van der Waals surface area contributed by atoms with Crippen LogP contribution in [0.2, 0.25) is 0 Å². The maximum Gasteiger partial charge on any atom is 0.257 e. The van der Waals surface area contributed by atoms with Crippen LogP contribution in [-0.4, -0.2) is 34.1 Å². The van der Waals surface area contributed by atoms with Gasteiger partial charge >= 0.3 is 0 Å². The monoisotopic (exact) mass is 449 g/mol. The number of benzene rings is 1. The smallest absolute Gasteiger partial charge is 0.257 e. The van der Waals surface area contributed by atoms with Crippen LogP contribution in [0.3, 0.4) is 0 Å². The van der Waals surface area contributed by atoms with E-state index in [0.717, 1.165) is 11.1 Å². The highest BCUT2D eigenvalue weighted by molar-refractivity contribution is 5.96. The molecule has 0 bridgehead atoms. The molecule has 172 valence electrons. The molecule has 33 heavy (non-hydrogen) atoms. The maximum atomic E-state index is 13.0. The summed E-state index contributed by atoms with van der Waals surface area (Å²) in [6.07, 6.45) is 2.24. The highest BCUT2D eigenvalue weighted by Gasteiger charge is 2.19. The van der Waals surface area contributed by atoms with Crippen molar-refractivity contribution in [2.24, 2.45) is 7.05 Å². The van der Waals surface area contributed by atoms with Gasteiger partial charge in [-0.25, -0.2) is 0 Å². The lowest BCUT2D eigenvalue weighted by molar-refractivity contribution is 0.0949. The molecule has 4 rings (SSSR count). The van der Waals surface area contributed by atoms with Crippen LogP contribution in [0.4, 0.5) is 0 Å². The molecule has 3 heterocycles. The number of nitrogens with zero attached hydrogens (tertiary/aromatic N) is 2. The van der Waals surface area contributed by atoms with Crippen LogP contribution < -0.4 is 10.7 Å². The second-order valence-electron chi connectivity index (χ2n) is 8.31. The first kappa shape index (κ1) is 22.6. The number of carbonyl (C=O) groups excluding carboxylic acids is 1. The summed E-state index contributed by atoms with van der Waals surface area (Å²) >= 11 is 0. The Bertz CT molecular complexity index is 1300. The fourth-order valence-corrected chi connectivity index (χ4v) is 3.73. The summed E-state index contributed by atoms with van der Waals surface area (Å²) in [5.74, 6) is 0.615. The quantitative estimate of drug-likeness (QED) is 0.429. The van der Waals surface area contributed by atoms with Gasteiger partial charge in [0.05, 0.1) is 18.2 Å². The van der Waals surface area contributed by atoms with Gasteiger partial charge in [0.2, 0.25) is 11.1 Å². The van der Waals surface area contributed by atoms with Crippen molar-refractivity contribution in [3.8, 4) is 0 Å². The molecule has 1 amide bonds. The summed E-state index contributed by atoms with van der Waals surface area (Å²) in [5, 5.41) is 13.4. The Hall–Kier alpha value is -3.62. The Kier molecular flexibility index (Phi) is 6.48. The number of pyridine rings is 1. The molecule has 0 saturated carbocycles. The van der Waals surface area contributed by atoms with Crippen LogP contribution in [0.5, 0.6) is 0 Å². The Labute approximate surface area is 191 Å². The van der Waals surface area contributed by atoms with Gasteiger partial charge < -0.3 is 23.8 Å². The third-order valence-electron chi connectivity index (χ3n) is 5.50. The van der Waals surface area contributed by atoms with Crippen molar-refractivity contribution in [2.75, 3.05) is 13.6 Å². The number of hydrogen-bond donors (Lipinski definition) is 2. The maximum absolute atomic E-state index is 13.0. The third-order valence-corrected chi connectivity index (χ3v) is 5.50. The zero-order valence-electron chi connectivity index (χ0n) is 18.9. The van der Waals surface area contributed by atoms with Gasteiger partial charge in [0.15, 0.2) is 0 Å². The third kappa shape index (κ3) is 5.08. The summed E-state index contributed by atoms with van der Waals surface area (Å²) in [6.45, 7) is 3.04. The zero-order chi connectivity index (χ0) is 23.5. The fraction of sp³-hybridized carbons (Fsp3) is 0.280. The van der Waals surface area contributed by atoms with Gasteiger partial charge in [0.1, 0.15) is 23.2 Å². The molecule has 4 aromatic rings. The zero-order valence-corrected chi connectivity index (χ0v) is 18.9. The van der Waals surface area contributed by atoms with Crippen LogP contribution in [0.25, 0.3) is 11.1 Å². The Balaban J connectivity index is 1.49. The van der Waals surface area contributed by atoms with Crippen molar-refractivity contribution < 1.29 is 18.7 Å². The van der Waals surface area contributed by atoms with E-state index in [2.05, 4.69) is 5.32 Å². The standard InChI is InChI=1S/C25H27N3O5/c1-16-6-8-17(9-7-16)12-26-24(31)20-14-28(3)25-19(23(20)30)11-18(33-25)13-27(2)15-21(29)22-5-4-10-32-22/h4-11,14,21,29H,12-13,15H2,1-3H3,(H,26,31)/t21-/m1/s1. The van der Waals surface area contributed by atoms with E-state index in [4.69, 9.17) is 8.83 Å². The summed E-state index contributed by atoms with van der Waals surface area (Å²) in [6, 6.07) is 12.9. The highest BCUT2D eigenvalue weighted by atomic mass is 16.4. The Morgan fingerprint density at radius 3 is 2.70 bits per heavy atom. The second-order valence-corrected chi connectivity index (χ2v) is 8.31. The lowest BCUT2D eigenvalue weighted by atomic mass is 10.1. The first-order chi connectivity index (χ1) is 15.8. The number of likely N-dealkylation sites (N-methyl/N-ethyl adjacent to an activating group) is 1.